The average molecular weight is 539 g/mol. The molecule has 0 bridgehead atoms. The summed E-state index contributed by atoms with van der Waals surface area (Å²) in [7, 11) is 0. The zero-order valence-corrected chi connectivity index (χ0v) is 22.2. The fourth-order valence-electron chi connectivity index (χ4n) is 7.00. The van der Waals surface area contributed by atoms with E-state index < -0.39 is 69.8 Å². The van der Waals surface area contributed by atoms with E-state index in [0.717, 1.165) is 35.4 Å². The summed E-state index contributed by atoms with van der Waals surface area (Å²) < 4.78 is 0. The molecular weight excluding hydrogens is 512 g/mol. The molecule has 0 spiro atoms. The zero-order chi connectivity index (χ0) is 28.9. The minimum atomic E-state index is -1.04. The highest BCUT2D eigenvalue weighted by Gasteiger charge is 2.58. The van der Waals surface area contributed by atoms with Crippen molar-refractivity contribution < 1.29 is 39.6 Å². The van der Waals surface area contributed by atoms with Gasteiger partial charge in [0.25, 0.3) is 0 Å². The van der Waals surface area contributed by atoms with Crippen molar-refractivity contribution in [2.75, 3.05) is 0 Å². The van der Waals surface area contributed by atoms with Gasteiger partial charge in [-0.15, -0.1) is 0 Å². The van der Waals surface area contributed by atoms with Crippen molar-refractivity contribution in [3.05, 3.63) is 92.1 Å². The Bertz CT molecular complexity index is 1760. The predicted octanol–water partition coefficient (Wildman–Crippen LogP) is 5.18. The van der Waals surface area contributed by atoms with Crippen LogP contribution >= 0.6 is 0 Å². The number of fused-ring (bicyclic) bond motifs is 6. The van der Waals surface area contributed by atoms with Crippen LogP contribution in [0.25, 0.3) is 0 Å². The highest BCUT2D eigenvalue weighted by atomic mass is 16.3. The van der Waals surface area contributed by atoms with Crippen molar-refractivity contribution >= 4 is 23.1 Å². The number of benzene rings is 2. The summed E-state index contributed by atoms with van der Waals surface area (Å²) in [5.41, 5.74) is 1.44. The lowest BCUT2D eigenvalue weighted by atomic mass is 9.71. The monoisotopic (exact) mass is 538 g/mol. The van der Waals surface area contributed by atoms with E-state index in [-0.39, 0.29) is 39.0 Å². The quantitative estimate of drug-likeness (QED) is 0.302. The fraction of sp³-hybridized carbons (Fsp3) is 0.250. The van der Waals surface area contributed by atoms with Crippen molar-refractivity contribution in [2.24, 2.45) is 11.8 Å². The van der Waals surface area contributed by atoms with Crippen molar-refractivity contribution in [1.82, 2.24) is 0 Å². The van der Waals surface area contributed by atoms with Crippen molar-refractivity contribution in [3.63, 3.8) is 0 Å². The van der Waals surface area contributed by atoms with E-state index in [2.05, 4.69) is 0 Å². The zero-order valence-electron chi connectivity index (χ0n) is 22.2. The lowest BCUT2D eigenvalue weighted by molar-refractivity contribution is 0.0860. The largest absolute Gasteiger partial charge is 0.507 e. The van der Waals surface area contributed by atoms with Crippen LogP contribution < -0.4 is 0 Å². The molecular formula is C32H26O8. The number of ketones is 4. The SMILES string of the molecule is CC(C)=C[C@H]1[C@H]2C(=O)c3c(O)ccc(O)c3C(=O)C2=C2[C@@H](C=C(C)C)c3c(O)c4c(c(O)c3[C@@H]21)C(=O)C=CC4=O. The predicted molar refractivity (Wildman–Crippen MR) is 144 cm³/mol. The smallest absolute Gasteiger partial charge is 0.194 e. The van der Waals surface area contributed by atoms with Crippen LogP contribution in [-0.2, 0) is 0 Å². The van der Waals surface area contributed by atoms with Crippen LogP contribution in [0.2, 0.25) is 0 Å². The first-order valence-corrected chi connectivity index (χ1v) is 12.9. The van der Waals surface area contributed by atoms with Gasteiger partial charge in [-0.3, -0.25) is 19.2 Å². The van der Waals surface area contributed by atoms with Crippen LogP contribution in [0, 0.1) is 11.8 Å². The maximum absolute atomic E-state index is 14.1. The van der Waals surface area contributed by atoms with E-state index in [9.17, 15) is 39.6 Å². The summed E-state index contributed by atoms with van der Waals surface area (Å²) >= 11 is 0. The van der Waals surface area contributed by atoms with Gasteiger partial charge in [0.2, 0.25) is 0 Å². The summed E-state index contributed by atoms with van der Waals surface area (Å²) in [5, 5.41) is 44.3. The minimum absolute atomic E-state index is 0.122. The van der Waals surface area contributed by atoms with E-state index in [1.165, 1.54) is 0 Å². The molecule has 202 valence electrons. The van der Waals surface area contributed by atoms with Crippen LogP contribution in [0.1, 0.15) is 92.1 Å². The highest BCUT2D eigenvalue weighted by Crippen LogP contribution is 2.66. The Kier molecular flexibility index (Phi) is 5.36. The maximum atomic E-state index is 14.1. The summed E-state index contributed by atoms with van der Waals surface area (Å²) in [6.07, 6.45) is 5.68. The molecule has 2 aromatic carbocycles. The summed E-state index contributed by atoms with van der Waals surface area (Å²) in [5.74, 6) is -7.60. The topological polar surface area (TPSA) is 149 Å². The third kappa shape index (κ3) is 3.13. The Morgan fingerprint density at radius 3 is 1.75 bits per heavy atom. The number of aromatic hydroxyl groups is 4. The molecule has 0 aliphatic heterocycles. The molecule has 0 heterocycles. The van der Waals surface area contributed by atoms with Gasteiger partial charge < -0.3 is 20.4 Å². The number of carbonyl (C=O) groups is 4. The molecule has 40 heavy (non-hydrogen) atoms. The second kappa shape index (κ2) is 8.39. The third-order valence-corrected chi connectivity index (χ3v) is 8.27. The van der Waals surface area contributed by atoms with Gasteiger partial charge >= 0.3 is 0 Å². The lowest BCUT2D eigenvalue weighted by Crippen LogP contribution is -2.33. The van der Waals surface area contributed by atoms with Gasteiger partial charge in [-0.2, -0.15) is 0 Å². The van der Waals surface area contributed by atoms with Gasteiger partial charge in [0.05, 0.1) is 28.2 Å². The van der Waals surface area contributed by atoms with Crippen LogP contribution in [0.4, 0.5) is 0 Å². The second-order valence-electron chi connectivity index (χ2n) is 11.3. The molecule has 4 atom stereocenters. The molecule has 0 saturated carbocycles. The standard InChI is InChI=1S/C32H26O8/c1-11(2)9-13-19-20(28-21(13)29(37)23-15(33)5-7-17(35)25(23)32(28)40)14(10-12(3)4)22-27(19)31(39)26-18(36)8-6-16(34)24(26)30(22)38/h5-10,13-14,19,21,33,35,38-39H,1-4H3/t13-,14-,19-,21-/m1/s1. The van der Waals surface area contributed by atoms with Crippen LogP contribution in [0.15, 0.2) is 58.7 Å². The Balaban J connectivity index is 1.77. The number of phenols is 4. The Morgan fingerprint density at radius 2 is 1.20 bits per heavy atom. The van der Waals surface area contributed by atoms with E-state index in [1.807, 2.05) is 33.8 Å². The molecule has 2 aromatic rings. The van der Waals surface area contributed by atoms with Crippen molar-refractivity contribution in [2.45, 2.75) is 39.5 Å². The van der Waals surface area contributed by atoms with E-state index in [0.29, 0.717) is 5.57 Å². The normalized spacial score (nSPS) is 23.9. The first kappa shape index (κ1) is 25.6. The molecule has 0 aromatic heterocycles. The number of carbonyl (C=O) groups excluding carboxylic acids is 4. The van der Waals surface area contributed by atoms with Gasteiger partial charge in [-0.25, -0.2) is 0 Å². The Morgan fingerprint density at radius 1 is 0.675 bits per heavy atom. The number of allylic oxidation sites excluding steroid dienone is 8. The number of hydrogen-bond acceptors (Lipinski definition) is 8. The molecule has 0 unspecified atom stereocenters. The molecule has 4 aliphatic carbocycles. The molecule has 0 amide bonds. The Hall–Kier alpha value is -4.72. The first-order valence-electron chi connectivity index (χ1n) is 12.9. The molecule has 0 fully saturated rings. The first-order chi connectivity index (χ1) is 18.9. The van der Waals surface area contributed by atoms with Gasteiger partial charge in [-0.1, -0.05) is 23.3 Å². The highest BCUT2D eigenvalue weighted by molar-refractivity contribution is 6.27. The number of rotatable bonds is 2. The molecule has 0 radical (unpaired) electrons. The summed E-state index contributed by atoms with van der Waals surface area (Å²) in [6.45, 7) is 7.28. The second-order valence-corrected chi connectivity index (χ2v) is 11.3. The summed E-state index contributed by atoms with van der Waals surface area (Å²) in [6, 6.07) is 2.31. The Labute approximate surface area is 229 Å². The number of hydrogen-bond donors (Lipinski definition) is 4. The minimum Gasteiger partial charge on any atom is -0.507 e. The van der Waals surface area contributed by atoms with E-state index in [4.69, 9.17) is 0 Å². The van der Waals surface area contributed by atoms with Gasteiger partial charge in [0, 0.05) is 34.5 Å². The maximum Gasteiger partial charge on any atom is 0.194 e. The average Bonchev–Trinajstić information content (AvgIpc) is 3.37. The van der Waals surface area contributed by atoms with Gasteiger partial charge in [0.1, 0.15) is 23.0 Å². The molecule has 0 saturated heterocycles. The van der Waals surface area contributed by atoms with E-state index >= 15 is 0 Å². The molecule has 4 N–H and O–H groups in total. The van der Waals surface area contributed by atoms with Crippen LogP contribution in [-0.4, -0.2) is 43.6 Å². The number of Topliss-reactive ketones (excluding diaryl/α,β-unsaturated/α-hetero) is 2. The lowest BCUT2D eigenvalue weighted by Gasteiger charge is -2.29. The number of phenolic OH excluding ortho intramolecular Hbond substituents is 4. The molecule has 8 nitrogen and oxygen atoms in total. The molecule has 4 aliphatic rings. The summed E-state index contributed by atoms with van der Waals surface area (Å²) in [4.78, 5) is 53.9. The van der Waals surface area contributed by atoms with Crippen LogP contribution in [0.3, 0.4) is 0 Å². The van der Waals surface area contributed by atoms with Crippen molar-refractivity contribution in [1.29, 1.82) is 0 Å². The van der Waals surface area contributed by atoms with E-state index in [1.54, 1.807) is 6.08 Å². The molecule has 8 heteroatoms. The fourth-order valence-corrected chi connectivity index (χ4v) is 7.00. The third-order valence-electron chi connectivity index (χ3n) is 8.27. The van der Waals surface area contributed by atoms with Gasteiger partial charge in [0.15, 0.2) is 23.1 Å². The van der Waals surface area contributed by atoms with Crippen LogP contribution in [0.5, 0.6) is 23.0 Å². The van der Waals surface area contributed by atoms with Crippen molar-refractivity contribution in [3.8, 4) is 23.0 Å². The molecule has 6 rings (SSSR count). The van der Waals surface area contributed by atoms with Gasteiger partial charge in [-0.05, 0) is 57.6 Å².